The highest BCUT2D eigenvalue weighted by Gasteiger charge is 2.53. The summed E-state index contributed by atoms with van der Waals surface area (Å²) in [5, 5.41) is 24.1. The molecule has 5 fully saturated rings. The van der Waals surface area contributed by atoms with E-state index >= 15 is 0 Å². The number of fused-ring (bicyclic) bond motifs is 3. The van der Waals surface area contributed by atoms with Gasteiger partial charge < -0.3 is 65.3 Å². The van der Waals surface area contributed by atoms with Crippen LogP contribution in [-0.2, 0) is 47.4 Å². The van der Waals surface area contributed by atoms with E-state index in [1.807, 2.05) is 40.8 Å². The summed E-state index contributed by atoms with van der Waals surface area (Å²) in [6, 6.07) is 29.9. The lowest BCUT2D eigenvalue weighted by Crippen LogP contribution is -2.54. The standard InChI is InChI=1S/C25H20N4O7.C15H13N3O4.C10H9IN2O3.C9H7IN2O3.C7H8INO/c1-35-16-4-2-13-11-28(22(32)17(13)10-16)12-25(23(33)26-24(34)27-25)19-9-14-8-15(3-5-18(14)36-19)29-20(30)6-7-21(29)31;1-3-15(13(20)16-14(21)17-15)8-18-7-9-4-5-10(22-2)6-11(9)12(18)19;1-16-8-3-2-6(4-7(8)11)13-9(14)5-12-10(13)15;10-6-3-5(1-2-7(6)13)12-8(14)4-11-9(12)15;1-10-7-3-2-5(9)4-6(7)8/h2-5,8-10H,6-7,11-12H2,1H3,(H2,26,27,33,34);1,4-6H,7-8H2,2H3,(H2,16,17,20,21);2-4H,5H2,1H3,(H,12,15);1-3,13H,4H2,(H,11,15);2-4H,9H2,1H3/t25-;15-;;;/m01.../s1. The monoisotopic (exact) mass is 1690 g/mol. The Bertz CT molecular complexity index is 4570. The zero-order valence-electron chi connectivity index (χ0n) is 52.5. The number of halogens is 3. The molecular weight excluding hydrogens is 1630 g/mol. The number of hydrogen-bond acceptors (Lipinski definition) is 19. The van der Waals surface area contributed by atoms with Crippen molar-refractivity contribution in [1.82, 2.24) is 41.7 Å². The molecule has 0 saturated carbocycles. The van der Waals surface area contributed by atoms with Crippen molar-refractivity contribution in [3.05, 3.63) is 154 Å². The fourth-order valence-corrected chi connectivity index (χ4v) is 13.1. The molecule has 0 unspecified atom stereocenters. The number of amides is 16. The smallest absolute Gasteiger partial charge is 0.329 e. The van der Waals surface area contributed by atoms with Gasteiger partial charge in [0, 0.05) is 48.1 Å². The Balaban J connectivity index is 0.000000144. The number of hydrogen-bond donors (Lipinski definition) is 8. The number of terminal acetylenes is 1. The highest BCUT2D eigenvalue weighted by Crippen LogP contribution is 2.38. The van der Waals surface area contributed by atoms with Crippen molar-refractivity contribution in [2.24, 2.45) is 0 Å². The third kappa shape index (κ3) is 14.8. The van der Waals surface area contributed by atoms with Crippen molar-refractivity contribution in [2.75, 3.05) is 75.1 Å². The van der Waals surface area contributed by atoms with Crippen LogP contribution in [0.25, 0.3) is 11.0 Å². The highest BCUT2D eigenvalue weighted by molar-refractivity contribution is 14.1. The molecule has 6 aromatic carbocycles. The van der Waals surface area contributed by atoms with E-state index in [9.17, 15) is 62.6 Å². The summed E-state index contributed by atoms with van der Waals surface area (Å²) < 4.78 is 28.9. The number of nitrogens with two attached hydrogens (primary N) is 1. The minimum atomic E-state index is -1.67. The molecule has 99 heavy (non-hydrogen) atoms. The minimum Gasteiger partial charge on any atom is -0.507 e. The summed E-state index contributed by atoms with van der Waals surface area (Å²) in [5.74, 6) is 2.31. The highest BCUT2D eigenvalue weighted by atomic mass is 127. The summed E-state index contributed by atoms with van der Waals surface area (Å²) in [5.41, 5.74) is 7.48. The van der Waals surface area contributed by atoms with Crippen LogP contribution >= 0.6 is 67.8 Å². The average Bonchev–Trinajstić information content (AvgIpc) is 1.59. The molecule has 1 aromatic heterocycles. The lowest BCUT2D eigenvalue weighted by Gasteiger charge is -2.29. The van der Waals surface area contributed by atoms with Gasteiger partial charge in [-0.3, -0.25) is 53.9 Å². The zero-order valence-corrected chi connectivity index (χ0v) is 59.0. The van der Waals surface area contributed by atoms with E-state index in [2.05, 4.69) is 83.0 Å². The molecule has 0 bridgehead atoms. The SMILES string of the molecule is C#C[C@]1(CN2Cc3ccc(OC)cc3C2=O)NC(=O)NC1=O.COc1ccc(N)cc1I.COc1ccc(N2C(=O)CNC2=O)cc1I.COc1ccc2c(c1)C(=O)N(C[C@@]1(c3cc4cc(N5C(=O)CCC5=O)ccc4o3)NC(=O)NC1=O)C2.O=C1CNC(=O)N1c1ccc(O)c(I)c1. The number of aromatic hydroxyl groups is 1. The lowest BCUT2D eigenvalue weighted by molar-refractivity contribution is -0.125. The maximum absolute atomic E-state index is 13.2. The Morgan fingerprint density at radius 2 is 1.04 bits per heavy atom. The van der Waals surface area contributed by atoms with E-state index in [0.29, 0.717) is 60.8 Å². The lowest BCUT2D eigenvalue weighted by atomic mass is 9.95. The topological polar surface area (TPSA) is 390 Å². The number of phenols is 1. The Morgan fingerprint density at radius 1 is 0.545 bits per heavy atom. The van der Waals surface area contributed by atoms with E-state index in [0.717, 1.165) is 50.2 Å². The first-order chi connectivity index (χ1) is 47.2. The van der Waals surface area contributed by atoms with Crippen LogP contribution in [0.3, 0.4) is 0 Å². The van der Waals surface area contributed by atoms with Gasteiger partial charge in [0.15, 0.2) is 11.1 Å². The summed E-state index contributed by atoms with van der Waals surface area (Å²) in [4.78, 5) is 150. The number of carbonyl (C=O) groups is 12. The summed E-state index contributed by atoms with van der Waals surface area (Å²) in [6.07, 6.45) is 5.72. The van der Waals surface area contributed by atoms with Crippen molar-refractivity contribution < 1.29 is 86.0 Å². The number of imide groups is 5. The van der Waals surface area contributed by atoms with Crippen LogP contribution in [0.15, 0.2) is 120 Å². The number of carbonyl (C=O) groups excluding carboxylic acids is 12. The second kappa shape index (κ2) is 29.5. The Morgan fingerprint density at radius 3 is 1.51 bits per heavy atom. The van der Waals surface area contributed by atoms with Gasteiger partial charge in [0.25, 0.3) is 35.4 Å². The molecular formula is C66H57I3N12O18. The van der Waals surface area contributed by atoms with E-state index in [-0.39, 0.29) is 98.5 Å². The summed E-state index contributed by atoms with van der Waals surface area (Å²) in [6.45, 7) is 0.391. The van der Waals surface area contributed by atoms with Crippen molar-refractivity contribution in [3.63, 3.8) is 0 Å². The zero-order chi connectivity index (χ0) is 71.4. The maximum atomic E-state index is 13.2. The first kappa shape index (κ1) is 71.0. The van der Waals surface area contributed by atoms with Gasteiger partial charge in [-0.25, -0.2) is 29.0 Å². The van der Waals surface area contributed by atoms with Gasteiger partial charge in [-0.15, -0.1) is 6.42 Å². The molecule has 7 aliphatic rings. The second-order valence-corrected chi connectivity index (χ2v) is 25.7. The third-order valence-electron chi connectivity index (χ3n) is 16.1. The molecule has 2 atom stereocenters. The summed E-state index contributed by atoms with van der Waals surface area (Å²) in [7, 11) is 6.25. The van der Waals surface area contributed by atoms with Gasteiger partial charge in [-0.1, -0.05) is 18.1 Å². The van der Waals surface area contributed by atoms with Crippen molar-refractivity contribution in [3.8, 4) is 41.1 Å². The molecule has 5 saturated heterocycles. The van der Waals surface area contributed by atoms with Gasteiger partial charge in [0.05, 0.1) is 82.4 Å². The number of rotatable bonds is 12. The maximum Gasteiger partial charge on any atom is 0.329 e. The van der Waals surface area contributed by atoms with Gasteiger partial charge in [-0.05, 0) is 182 Å². The predicted octanol–water partition coefficient (Wildman–Crippen LogP) is 5.94. The normalized spacial score (nSPS) is 18.7. The summed E-state index contributed by atoms with van der Waals surface area (Å²) >= 11 is 6.20. The van der Waals surface area contributed by atoms with Crippen LogP contribution in [0.4, 0.5) is 41.9 Å². The third-order valence-corrected chi connectivity index (χ3v) is 18.6. The van der Waals surface area contributed by atoms with Crippen LogP contribution in [0.2, 0.25) is 0 Å². The number of furan rings is 1. The molecule has 510 valence electrons. The Kier molecular flexibility index (Phi) is 21.2. The Hall–Kier alpha value is -10.8. The molecule has 0 spiro atoms. The van der Waals surface area contributed by atoms with Crippen LogP contribution in [0.5, 0.6) is 28.7 Å². The van der Waals surface area contributed by atoms with Crippen LogP contribution in [0, 0.1) is 23.1 Å². The van der Waals surface area contributed by atoms with Crippen molar-refractivity contribution in [1.29, 1.82) is 0 Å². The number of nitrogens with one attached hydrogen (secondary N) is 6. The number of urea groups is 4. The Labute approximate surface area is 603 Å². The second-order valence-electron chi connectivity index (χ2n) is 22.2. The van der Waals surface area contributed by atoms with Crippen molar-refractivity contribution >= 4 is 173 Å². The number of phenolic OH excluding ortho intramolecular Hbond substituents is 1. The molecule has 14 rings (SSSR count). The average molecular weight is 1690 g/mol. The fourth-order valence-electron chi connectivity index (χ4n) is 11.1. The van der Waals surface area contributed by atoms with Crippen molar-refractivity contribution in [2.45, 2.75) is 37.0 Å². The molecule has 8 heterocycles. The minimum absolute atomic E-state index is 0.0241. The number of anilines is 4. The first-order valence-electron chi connectivity index (χ1n) is 29.4. The quantitative estimate of drug-likeness (QED) is 0.0231. The molecule has 33 heteroatoms. The number of nitrogen functional groups attached to an aromatic ring is 1. The number of nitrogens with zero attached hydrogens (tertiary/aromatic N) is 5. The first-order valence-corrected chi connectivity index (χ1v) is 32.7. The molecule has 30 nitrogen and oxygen atoms in total. The van der Waals surface area contributed by atoms with Gasteiger partial charge in [-0.2, -0.15) is 0 Å². The van der Waals surface area contributed by atoms with Gasteiger partial charge in [0.2, 0.25) is 11.8 Å². The molecule has 0 radical (unpaired) electrons. The van der Waals surface area contributed by atoms with Crippen LogP contribution < -0.4 is 71.3 Å². The molecule has 16 amide bonds. The number of benzene rings is 6. The fraction of sp³-hybridized carbons (Fsp3) is 0.212. The van der Waals surface area contributed by atoms with Crippen LogP contribution in [0.1, 0.15) is 50.4 Å². The van der Waals surface area contributed by atoms with E-state index in [1.165, 1.54) is 36.2 Å². The van der Waals surface area contributed by atoms with E-state index < -0.39 is 41.0 Å². The predicted molar refractivity (Wildman–Crippen MR) is 378 cm³/mol. The largest absolute Gasteiger partial charge is 0.507 e. The molecule has 0 aliphatic carbocycles. The van der Waals surface area contributed by atoms with Crippen LogP contribution in [-0.4, -0.2) is 146 Å². The molecule has 7 aliphatic heterocycles. The van der Waals surface area contributed by atoms with E-state index in [4.69, 9.17) is 35.5 Å². The van der Waals surface area contributed by atoms with E-state index in [1.54, 1.807) is 99.1 Å². The molecule has 9 N–H and O–H groups in total. The van der Waals surface area contributed by atoms with Gasteiger partial charge >= 0.3 is 24.1 Å². The number of ether oxygens (including phenoxy) is 4. The number of methoxy groups -OCH3 is 4. The molecule has 7 aromatic rings. The van der Waals surface area contributed by atoms with Gasteiger partial charge in [0.1, 0.15) is 40.1 Å².